The number of nitrogens with one attached hydrogen (secondary N) is 2. The Hall–Kier alpha value is -1.99. The zero-order valence-corrected chi connectivity index (χ0v) is 15.6. The summed E-state index contributed by atoms with van der Waals surface area (Å²) in [6.45, 7) is 2.25. The maximum absolute atomic E-state index is 12.5. The highest BCUT2D eigenvalue weighted by molar-refractivity contribution is 5.95. The minimum atomic E-state index is -0.390. The van der Waals surface area contributed by atoms with E-state index in [4.69, 9.17) is 15.2 Å². The quantitative estimate of drug-likeness (QED) is 0.635. The molecule has 7 nitrogen and oxygen atoms in total. The normalized spacial score (nSPS) is 15.4. The van der Waals surface area contributed by atoms with Crippen molar-refractivity contribution in [3.05, 3.63) is 23.8 Å². The number of ether oxygens (including phenoxy) is 2. The molecule has 1 unspecified atom stereocenters. The molecule has 140 valence electrons. The monoisotopic (exact) mass is 371 g/mol. The van der Waals surface area contributed by atoms with Gasteiger partial charge in [0.05, 0.1) is 12.6 Å². The SMILES string of the molecule is CNC(=O)COc1ccc(C(=O)NC(C)(CN)C2CC2)cc1OC.Cl. The lowest BCUT2D eigenvalue weighted by Gasteiger charge is -2.29. The Balaban J connectivity index is 0.00000312. The second-order valence-corrected chi connectivity index (χ2v) is 6.18. The number of hydrogen-bond donors (Lipinski definition) is 3. The average Bonchev–Trinajstić information content (AvgIpc) is 3.44. The van der Waals surface area contributed by atoms with Gasteiger partial charge >= 0.3 is 0 Å². The van der Waals surface area contributed by atoms with E-state index in [0.717, 1.165) is 12.8 Å². The molecule has 1 aliphatic carbocycles. The van der Waals surface area contributed by atoms with Crippen LogP contribution in [0.15, 0.2) is 18.2 Å². The number of methoxy groups -OCH3 is 1. The Morgan fingerprint density at radius 2 is 2.00 bits per heavy atom. The molecule has 1 aromatic carbocycles. The second-order valence-electron chi connectivity index (χ2n) is 6.18. The molecule has 1 aliphatic rings. The first-order valence-corrected chi connectivity index (χ1v) is 7.97. The molecule has 0 heterocycles. The van der Waals surface area contributed by atoms with Crippen LogP contribution in [0.5, 0.6) is 11.5 Å². The molecule has 2 amide bonds. The Morgan fingerprint density at radius 1 is 1.32 bits per heavy atom. The van der Waals surface area contributed by atoms with Gasteiger partial charge in [-0.25, -0.2) is 0 Å². The number of rotatable bonds is 8. The van der Waals surface area contributed by atoms with Crippen LogP contribution >= 0.6 is 12.4 Å². The summed E-state index contributed by atoms with van der Waals surface area (Å²) >= 11 is 0. The maximum atomic E-state index is 12.5. The number of carbonyl (C=O) groups excluding carboxylic acids is 2. The predicted octanol–water partition coefficient (Wildman–Crippen LogP) is 1.10. The highest BCUT2D eigenvalue weighted by Crippen LogP contribution is 2.39. The van der Waals surface area contributed by atoms with Crippen LogP contribution in [0.1, 0.15) is 30.1 Å². The molecule has 0 spiro atoms. The highest BCUT2D eigenvalue weighted by atomic mass is 35.5. The molecular weight excluding hydrogens is 346 g/mol. The topological polar surface area (TPSA) is 103 Å². The van der Waals surface area contributed by atoms with Gasteiger partial charge in [-0.1, -0.05) is 0 Å². The van der Waals surface area contributed by atoms with E-state index < -0.39 is 5.54 Å². The zero-order chi connectivity index (χ0) is 17.7. The predicted molar refractivity (Wildman–Crippen MR) is 97.5 cm³/mol. The van der Waals surface area contributed by atoms with Gasteiger partial charge in [0.25, 0.3) is 11.8 Å². The zero-order valence-electron chi connectivity index (χ0n) is 14.8. The van der Waals surface area contributed by atoms with Gasteiger partial charge in [-0.2, -0.15) is 0 Å². The number of carbonyl (C=O) groups is 2. The first-order valence-electron chi connectivity index (χ1n) is 7.97. The summed E-state index contributed by atoms with van der Waals surface area (Å²) in [5.41, 5.74) is 5.91. The highest BCUT2D eigenvalue weighted by Gasteiger charge is 2.41. The van der Waals surface area contributed by atoms with Crippen molar-refractivity contribution in [3.8, 4) is 11.5 Å². The van der Waals surface area contributed by atoms with Crippen molar-refractivity contribution in [2.45, 2.75) is 25.3 Å². The Labute approximate surface area is 154 Å². The van der Waals surface area contributed by atoms with Crippen LogP contribution in [-0.4, -0.2) is 44.7 Å². The summed E-state index contributed by atoms with van der Waals surface area (Å²) in [5.74, 6) is 0.783. The van der Waals surface area contributed by atoms with Gasteiger partial charge in [0.15, 0.2) is 18.1 Å². The fourth-order valence-corrected chi connectivity index (χ4v) is 2.52. The molecule has 0 aromatic heterocycles. The van der Waals surface area contributed by atoms with Gasteiger partial charge in [-0.05, 0) is 43.9 Å². The van der Waals surface area contributed by atoms with E-state index in [1.165, 1.54) is 14.2 Å². The van der Waals surface area contributed by atoms with Crippen molar-refractivity contribution in [2.24, 2.45) is 11.7 Å². The lowest BCUT2D eigenvalue weighted by atomic mass is 9.95. The van der Waals surface area contributed by atoms with Gasteiger partial charge in [0, 0.05) is 19.2 Å². The molecule has 1 saturated carbocycles. The van der Waals surface area contributed by atoms with Gasteiger partial charge in [0.2, 0.25) is 0 Å². The number of benzene rings is 1. The number of likely N-dealkylation sites (N-methyl/N-ethyl adjacent to an activating group) is 1. The molecule has 2 rings (SSSR count). The standard InChI is InChI=1S/C17H25N3O4.ClH/c1-17(10-18,12-5-6-12)20-16(22)11-4-7-13(14(8-11)23-3)24-9-15(21)19-2;/h4,7-8,12H,5-6,9-10,18H2,1-3H3,(H,19,21)(H,20,22);1H. The molecule has 4 N–H and O–H groups in total. The fourth-order valence-electron chi connectivity index (χ4n) is 2.52. The molecule has 1 atom stereocenters. The van der Waals surface area contributed by atoms with Crippen molar-refractivity contribution in [3.63, 3.8) is 0 Å². The Kier molecular flexibility index (Phi) is 7.51. The summed E-state index contributed by atoms with van der Waals surface area (Å²) in [6.07, 6.45) is 2.17. The molecule has 25 heavy (non-hydrogen) atoms. The lowest BCUT2D eigenvalue weighted by Crippen LogP contribution is -2.53. The minimum Gasteiger partial charge on any atom is -0.493 e. The molecule has 0 saturated heterocycles. The summed E-state index contributed by atoms with van der Waals surface area (Å²) < 4.78 is 10.7. The molecule has 0 radical (unpaired) electrons. The van der Waals surface area contributed by atoms with E-state index in [0.29, 0.717) is 29.5 Å². The van der Waals surface area contributed by atoms with Gasteiger partial charge < -0.3 is 25.8 Å². The molecule has 8 heteroatoms. The van der Waals surface area contributed by atoms with E-state index >= 15 is 0 Å². The lowest BCUT2D eigenvalue weighted by molar-refractivity contribution is -0.122. The van der Waals surface area contributed by atoms with Crippen LogP contribution in [0.3, 0.4) is 0 Å². The second kappa shape index (κ2) is 8.92. The minimum absolute atomic E-state index is 0. The summed E-state index contributed by atoms with van der Waals surface area (Å²) in [6, 6.07) is 4.85. The van der Waals surface area contributed by atoms with Crippen LogP contribution in [0.2, 0.25) is 0 Å². The van der Waals surface area contributed by atoms with Crippen molar-refractivity contribution < 1.29 is 19.1 Å². The summed E-state index contributed by atoms with van der Waals surface area (Å²) in [7, 11) is 3.02. The summed E-state index contributed by atoms with van der Waals surface area (Å²) in [4.78, 5) is 23.8. The van der Waals surface area contributed by atoms with Gasteiger partial charge in [-0.15, -0.1) is 12.4 Å². The number of hydrogen-bond acceptors (Lipinski definition) is 5. The van der Waals surface area contributed by atoms with Crippen LogP contribution in [-0.2, 0) is 4.79 Å². The van der Waals surface area contributed by atoms with Crippen molar-refractivity contribution in [1.29, 1.82) is 0 Å². The van der Waals surface area contributed by atoms with E-state index in [2.05, 4.69) is 10.6 Å². The van der Waals surface area contributed by atoms with Crippen LogP contribution in [0.25, 0.3) is 0 Å². The van der Waals surface area contributed by atoms with E-state index in [1.807, 2.05) is 6.92 Å². The van der Waals surface area contributed by atoms with Crippen LogP contribution in [0, 0.1) is 5.92 Å². The van der Waals surface area contributed by atoms with E-state index in [1.54, 1.807) is 18.2 Å². The molecule has 1 aromatic rings. The fraction of sp³-hybridized carbons (Fsp3) is 0.529. The number of amides is 2. The third kappa shape index (κ3) is 5.24. The largest absolute Gasteiger partial charge is 0.493 e. The first kappa shape index (κ1) is 21.1. The maximum Gasteiger partial charge on any atom is 0.257 e. The average molecular weight is 372 g/mol. The number of halogens is 1. The van der Waals surface area contributed by atoms with Crippen LogP contribution < -0.4 is 25.8 Å². The summed E-state index contributed by atoms with van der Waals surface area (Å²) in [5, 5.41) is 5.50. The number of nitrogens with two attached hydrogens (primary N) is 1. The first-order chi connectivity index (χ1) is 11.4. The molecule has 0 aliphatic heterocycles. The molecular formula is C17H26ClN3O4. The van der Waals surface area contributed by atoms with E-state index in [9.17, 15) is 9.59 Å². The Bertz CT molecular complexity index is 622. The van der Waals surface area contributed by atoms with Gasteiger partial charge in [0.1, 0.15) is 0 Å². The van der Waals surface area contributed by atoms with Crippen LogP contribution in [0.4, 0.5) is 0 Å². The van der Waals surface area contributed by atoms with Gasteiger partial charge in [-0.3, -0.25) is 9.59 Å². The third-order valence-corrected chi connectivity index (χ3v) is 4.36. The Morgan fingerprint density at radius 3 is 2.52 bits per heavy atom. The van der Waals surface area contributed by atoms with E-state index in [-0.39, 0.29) is 30.8 Å². The molecule has 1 fully saturated rings. The van der Waals surface area contributed by atoms with Crippen molar-refractivity contribution in [2.75, 3.05) is 27.3 Å². The van der Waals surface area contributed by atoms with Crippen molar-refractivity contribution >= 4 is 24.2 Å². The smallest absolute Gasteiger partial charge is 0.257 e. The van der Waals surface area contributed by atoms with Crippen molar-refractivity contribution in [1.82, 2.24) is 10.6 Å². The third-order valence-electron chi connectivity index (χ3n) is 4.36. The molecule has 0 bridgehead atoms.